The number of ether oxygens (including phenoxy) is 1. The zero-order chi connectivity index (χ0) is 27.9. The standard InChI is InChI=1S/C27H26ClN5O6/c1-16(2)15-38-27(35)31-24(11-17-13-29-23-6-4-3-5-20(17)23)26(34)32-30-14-19-8-10-25(39-19)21-12-18(33(36)37)7-9-22(21)28/h3-10,12-14,16,24,29H,11,15H2,1-2H3,(H,31,35)(H,32,34)/b30-14-/t24-/m1/s1. The second-order valence-electron chi connectivity index (χ2n) is 9.11. The molecule has 2 amide bonds. The minimum Gasteiger partial charge on any atom is -0.455 e. The smallest absolute Gasteiger partial charge is 0.407 e. The highest BCUT2D eigenvalue weighted by molar-refractivity contribution is 6.33. The van der Waals surface area contributed by atoms with Gasteiger partial charge < -0.3 is 19.5 Å². The Hall–Kier alpha value is -4.64. The van der Waals surface area contributed by atoms with Crippen LogP contribution in [0, 0.1) is 16.0 Å². The fourth-order valence-electron chi connectivity index (χ4n) is 3.78. The van der Waals surface area contributed by atoms with Crippen LogP contribution in [0.4, 0.5) is 10.5 Å². The summed E-state index contributed by atoms with van der Waals surface area (Å²) in [5, 5.41) is 18.9. The Morgan fingerprint density at radius 1 is 1.21 bits per heavy atom. The number of aromatic nitrogens is 1. The van der Waals surface area contributed by atoms with Crippen molar-refractivity contribution in [3.63, 3.8) is 0 Å². The van der Waals surface area contributed by atoms with Crippen molar-refractivity contribution >= 4 is 46.4 Å². The molecule has 0 aliphatic rings. The molecule has 4 aromatic rings. The van der Waals surface area contributed by atoms with E-state index in [1.54, 1.807) is 18.3 Å². The van der Waals surface area contributed by atoms with Gasteiger partial charge in [-0.05, 0) is 35.7 Å². The number of nitro groups is 1. The highest BCUT2D eigenvalue weighted by Crippen LogP contribution is 2.32. The van der Waals surface area contributed by atoms with Gasteiger partial charge >= 0.3 is 6.09 Å². The van der Waals surface area contributed by atoms with Gasteiger partial charge in [0.15, 0.2) is 0 Å². The molecular formula is C27H26ClN5O6. The van der Waals surface area contributed by atoms with E-state index in [-0.39, 0.29) is 35.4 Å². The van der Waals surface area contributed by atoms with Crippen molar-refractivity contribution in [2.24, 2.45) is 11.0 Å². The number of amides is 2. The molecule has 3 N–H and O–H groups in total. The lowest BCUT2D eigenvalue weighted by atomic mass is 10.0. The number of hydrogen-bond donors (Lipinski definition) is 3. The summed E-state index contributed by atoms with van der Waals surface area (Å²) in [5.41, 5.74) is 4.38. The molecule has 0 spiro atoms. The van der Waals surface area contributed by atoms with Crippen LogP contribution in [-0.4, -0.2) is 40.8 Å². The molecule has 39 heavy (non-hydrogen) atoms. The van der Waals surface area contributed by atoms with Gasteiger partial charge in [-0.25, -0.2) is 10.2 Å². The molecule has 2 aromatic carbocycles. The van der Waals surface area contributed by atoms with Crippen molar-refractivity contribution in [3.8, 4) is 11.3 Å². The maximum absolute atomic E-state index is 13.0. The molecule has 11 nitrogen and oxygen atoms in total. The van der Waals surface area contributed by atoms with E-state index in [4.69, 9.17) is 20.8 Å². The Kier molecular flexibility index (Phi) is 8.62. The Labute approximate surface area is 228 Å². The second kappa shape index (κ2) is 12.3. The predicted octanol–water partition coefficient (Wildman–Crippen LogP) is 5.43. The Bertz CT molecular complexity index is 1530. The van der Waals surface area contributed by atoms with Crippen molar-refractivity contribution in [1.82, 2.24) is 15.7 Å². The molecule has 202 valence electrons. The number of carbonyl (C=O) groups excluding carboxylic acids is 2. The summed E-state index contributed by atoms with van der Waals surface area (Å²) >= 11 is 6.18. The number of alkyl carbamates (subject to hydrolysis) is 1. The number of halogens is 1. The van der Waals surface area contributed by atoms with Gasteiger partial charge in [-0.15, -0.1) is 0 Å². The summed E-state index contributed by atoms with van der Waals surface area (Å²) in [6, 6.07) is 13.8. The first-order valence-corrected chi connectivity index (χ1v) is 12.4. The van der Waals surface area contributed by atoms with Crippen LogP contribution in [-0.2, 0) is 16.0 Å². The van der Waals surface area contributed by atoms with Crippen molar-refractivity contribution in [3.05, 3.63) is 87.3 Å². The van der Waals surface area contributed by atoms with Crippen LogP contribution in [0.2, 0.25) is 5.02 Å². The molecule has 0 radical (unpaired) electrons. The third-order valence-electron chi connectivity index (χ3n) is 5.67. The lowest BCUT2D eigenvalue weighted by Crippen LogP contribution is -2.47. The van der Waals surface area contributed by atoms with Gasteiger partial charge in [0.1, 0.15) is 17.6 Å². The fraction of sp³-hybridized carbons (Fsp3) is 0.222. The van der Waals surface area contributed by atoms with Crippen LogP contribution < -0.4 is 10.7 Å². The van der Waals surface area contributed by atoms with E-state index in [1.807, 2.05) is 38.1 Å². The molecule has 0 saturated heterocycles. The number of hydrogen-bond acceptors (Lipinski definition) is 7. The zero-order valence-electron chi connectivity index (χ0n) is 21.1. The lowest BCUT2D eigenvalue weighted by Gasteiger charge is -2.17. The van der Waals surface area contributed by atoms with Gasteiger partial charge in [-0.2, -0.15) is 5.10 Å². The minimum atomic E-state index is -0.975. The largest absolute Gasteiger partial charge is 0.455 e. The highest BCUT2D eigenvalue weighted by atomic mass is 35.5. The van der Waals surface area contributed by atoms with E-state index >= 15 is 0 Å². The van der Waals surface area contributed by atoms with Gasteiger partial charge in [0.25, 0.3) is 11.6 Å². The Morgan fingerprint density at radius 2 is 2.00 bits per heavy atom. The van der Waals surface area contributed by atoms with Gasteiger partial charge in [-0.3, -0.25) is 14.9 Å². The maximum atomic E-state index is 13.0. The average Bonchev–Trinajstić information content (AvgIpc) is 3.54. The van der Waals surface area contributed by atoms with Crippen LogP contribution in [0.15, 0.2) is 70.3 Å². The van der Waals surface area contributed by atoms with Crippen LogP contribution in [0.1, 0.15) is 25.2 Å². The first-order chi connectivity index (χ1) is 18.7. The van der Waals surface area contributed by atoms with Crippen molar-refractivity contribution in [2.45, 2.75) is 26.3 Å². The molecule has 2 aromatic heterocycles. The maximum Gasteiger partial charge on any atom is 0.407 e. The molecule has 4 rings (SSSR count). The van der Waals surface area contributed by atoms with Crippen molar-refractivity contribution in [1.29, 1.82) is 0 Å². The van der Waals surface area contributed by atoms with Crippen LogP contribution >= 0.6 is 11.6 Å². The van der Waals surface area contributed by atoms with E-state index in [2.05, 4.69) is 20.8 Å². The Morgan fingerprint density at radius 3 is 2.77 bits per heavy atom. The highest BCUT2D eigenvalue weighted by Gasteiger charge is 2.23. The number of fused-ring (bicyclic) bond motifs is 1. The molecule has 0 bridgehead atoms. The summed E-state index contributed by atoms with van der Waals surface area (Å²) in [4.78, 5) is 39.1. The first-order valence-electron chi connectivity index (χ1n) is 12.1. The number of nitrogens with zero attached hydrogens (tertiary/aromatic N) is 2. The average molecular weight is 552 g/mol. The summed E-state index contributed by atoms with van der Waals surface area (Å²) in [6.07, 6.45) is 2.54. The number of para-hydroxylation sites is 1. The van der Waals surface area contributed by atoms with E-state index in [0.29, 0.717) is 11.3 Å². The Balaban J connectivity index is 1.46. The van der Waals surface area contributed by atoms with E-state index < -0.39 is 23.0 Å². The van der Waals surface area contributed by atoms with Crippen LogP contribution in [0.25, 0.3) is 22.2 Å². The van der Waals surface area contributed by atoms with Crippen LogP contribution in [0.5, 0.6) is 0 Å². The predicted molar refractivity (Wildman–Crippen MR) is 147 cm³/mol. The summed E-state index contributed by atoms with van der Waals surface area (Å²) in [6.45, 7) is 4.02. The van der Waals surface area contributed by atoms with E-state index in [1.165, 1.54) is 24.4 Å². The monoisotopic (exact) mass is 551 g/mol. The zero-order valence-corrected chi connectivity index (χ0v) is 21.9. The number of nitrogens with one attached hydrogen (secondary N) is 3. The fourth-order valence-corrected chi connectivity index (χ4v) is 3.99. The topological polar surface area (TPSA) is 152 Å². The molecule has 0 aliphatic carbocycles. The van der Waals surface area contributed by atoms with E-state index in [0.717, 1.165) is 16.5 Å². The van der Waals surface area contributed by atoms with Crippen molar-refractivity contribution in [2.75, 3.05) is 6.61 Å². The quantitative estimate of drug-likeness (QED) is 0.136. The number of benzene rings is 2. The number of furan rings is 1. The number of carbonyl (C=O) groups is 2. The molecule has 2 heterocycles. The van der Waals surface area contributed by atoms with Gasteiger partial charge in [-0.1, -0.05) is 43.6 Å². The molecule has 1 atom stereocenters. The summed E-state index contributed by atoms with van der Waals surface area (Å²) in [7, 11) is 0. The van der Waals surface area contributed by atoms with Gasteiger partial charge in [0.2, 0.25) is 0 Å². The molecule has 0 fully saturated rings. The SMILES string of the molecule is CC(C)COC(=O)N[C@H](Cc1c[nH]c2ccccc12)C(=O)N/N=C\c1ccc(-c2cc([N+](=O)[O-])ccc2Cl)o1. The minimum absolute atomic E-state index is 0.131. The third kappa shape index (κ3) is 7.02. The van der Waals surface area contributed by atoms with Gasteiger partial charge in [0.05, 0.1) is 22.8 Å². The lowest BCUT2D eigenvalue weighted by molar-refractivity contribution is -0.384. The number of H-pyrrole nitrogens is 1. The molecule has 0 saturated carbocycles. The van der Waals surface area contributed by atoms with Gasteiger partial charge in [0, 0.05) is 41.2 Å². The number of non-ortho nitro benzene ring substituents is 1. The van der Waals surface area contributed by atoms with Crippen LogP contribution in [0.3, 0.4) is 0 Å². The molecule has 0 unspecified atom stereocenters. The number of hydrazone groups is 1. The summed E-state index contributed by atoms with van der Waals surface area (Å²) in [5.74, 6) is 0.136. The normalized spacial score (nSPS) is 12.1. The number of rotatable bonds is 10. The molecule has 0 aliphatic heterocycles. The number of nitro benzene ring substituents is 1. The van der Waals surface area contributed by atoms with Crippen molar-refractivity contribution < 1.29 is 23.7 Å². The molecule has 12 heteroatoms. The second-order valence-corrected chi connectivity index (χ2v) is 9.52. The first kappa shape index (κ1) is 27.4. The summed E-state index contributed by atoms with van der Waals surface area (Å²) < 4.78 is 10.9. The molecular weight excluding hydrogens is 526 g/mol. The number of aromatic amines is 1. The third-order valence-corrected chi connectivity index (χ3v) is 6.00. The van der Waals surface area contributed by atoms with E-state index in [9.17, 15) is 19.7 Å².